The van der Waals surface area contributed by atoms with Gasteiger partial charge in [-0.2, -0.15) is 0 Å². The first-order chi connectivity index (χ1) is 8.71. The molecule has 1 aromatic carbocycles. The highest BCUT2D eigenvalue weighted by Gasteiger charge is 2.47. The average molecular weight is 245 g/mol. The van der Waals surface area contributed by atoms with E-state index in [4.69, 9.17) is 10.5 Å². The molecule has 98 valence electrons. The summed E-state index contributed by atoms with van der Waals surface area (Å²) in [4.78, 5) is 0. The van der Waals surface area contributed by atoms with Gasteiger partial charge in [0.1, 0.15) is 0 Å². The zero-order valence-electron chi connectivity index (χ0n) is 11.2. The van der Waals surface area contributed by atoms with Crippen LogP contribution in [0.3, 0.4) is 0 Å². The highest BCUT2D eigenvalue weighted by atomic mass is 16.5. The van der Waals surface area contributed by atoms with Gasteiger partial charge in [0.2, 0.25) is 0 Å². The highest BCUT2D eigenvalue weighted by Crippen LogP contribution is 2.45. The Balaban J connectivity index is 1.86. The Bertz CT molecular complexity index is 417. The first-order valence-corrected chi connectivity index (χ1v) is 7.11. The molecule has 18 heavy (non-hydrogen) atoms. The molecule has 0 amide bonds. The van der Waals surface area contributed by atoms with Gasteiger partial charge in [0.25, 0.3) is 0 Å². The van der Waals surface area contributed by atoms with Crippen LogP contribution in [-0.4, -0.2) is 19.3 Å². The molecule has 3 rings (SSSR count). The molecule has 2 nitrogen and oxygen atoms in total. The molecule has 0 bridgehead atoms. The molecule has 1 aromatic rings. The molecular weight excluding hydrogens is 222 g/mol. The molecule has 0 unspecified atom stereocenters. The van der Waals surface area contributed by atoms with Crippen molar-refractivity contribution in [3.63, 3.8) is 0 Å². The number of hydrogen-bond donors (Lipinski definition) is 1. The summed E-state index contributed by atoms with van der Waals surface area (Å²) in [6.45, 7) is 3.97. The molecule has 1 saturated carbocycles. The number of aryl methyl sites for hydroxylation is 1. The number of nitrogens with two attached hydrogens (primary N) is 1. The largest absolute Gasteiger partial charge is 0.379 e. The predicted molar refractivity (Wildman–Crippen MR) is 73.6 cm³/mol. The molecule has 0 aromatic heterocycles. The van der Waals surface area contributed by atoms with Crippen molar-refractivity contribution >= 4 is 0 Å². The van der Waals surface area contributed by atoms with Crippen LogP contribution >= 0.6 is 0 Å². The third-order valence-electron chi connectivity index (χ3n) is 4.87. The summed E-state index contributed by atoms with van der Waals surface area (Å²) in [5, 5.41) is 0. The SMILES string of the molecule is Cc1cccc(C2(C3CCC(N)CC3)COC2)c1. The van der Waals surface area contributed by atoms with Gasteiger partial charge < -0.3 is 10.5 Å². The first kappa shape index (κ1) is 12.2. The van der Waals surface area contributed by atoms with Gasteiger partial charge in [-0.25, -0.2) is 0 Å². The normalized spacial score (nSPS) is 30.8. The van der Waals surface area contributed by atoms with Gasteiger partial charge in [-0.1, -0.05) is 29.8 Å². The molecule has 0 atom stereocenters. The maximum atomic E-state index is 6.03. The van der Waals surface area contributed by atoms with Crippen LogP contribution < -0.4 is 5.73 Å². The first-order valence-electron chi connectivity index (χ1n) is 7.11. The monoisotopic (exact) mass is 245 g/mol. The molecular formula is C16H23NO. The maximum Gasteiger partial charge on any atom is 0.0588 e. The van der Waals surface area contributed by atoms with Crippen molar-refractivity contribution in [2.24, 2.45) is 11.7 Å². The Morgan fingerprint density at radius 2 is 1.89 bits per heavy atom. The zero-order chi connectivity index (χ0) is 12.6. The van der Waals surface area contributed by atoms with Crippen molar-refractivity contribution in [1.82, 2.24) is 0 Å². The van der Waals surface area contributed by atoms with Crippen LogP contribution in [0.4, 0.5) is 0 Å². The molecule has 1 heterocycles. The fraction of sp³-hybridized carbons (Fsp3) is 0.625. The summed E-state index contributed by atoms with van der Waals surface area (Å²) in [5.41, 5.74) is 9.15. The van der Waals surface area contributed by atoms with Crippen LogP contribution in [0.25, 0.3) is 0 Å². The molecule has 0 spiro atoms. The lowest BCUT2D eigenvalue weighted by Crippen LogP contribution is -2.53. The van der Waals surface area contributed by atoms with Crippen molar-refractivity contribution in [2.45, 2.75) is 44.1 Å². The minimum Gasteiger partial charge on any atom is -0.379 e. The second kappa shape index (κ2) is 4.67. The van der Waals surface area contributed by atoms with Crippen molar-refractivity contribution in [2.75, 3.05) is 13.2 Å². The van der Waals surface area contributed by atoms with Gasteiger partial charge in [-0.15, -0.1) is 0 Å². The summed E-state index contributed by atoms with van der Waals surface area (Å²) in [6.07, 6.45) is 4.88. The maximum absolute atomic E-state index is 6.03. The van der Waals surface area contributed by atoms with E-state index in [0.717, 1.165) is 19.1 Å². The predicted octanol–water partition coefficient (Wildman–Crippen LogP) is 2.78. The summed E-state index contributed by atoms with van der Waals surface area (Å²) in [7, 11) is 0. The number of rotatable bonds is 2. The second-order valence-electron chi connectivity index (χ2n) is 6.13. The standard InChI is InChI=1S/C16H23NO/c1-12-3-2-4-14(9-12)16(10-18-11-16)13-5-7-15(17)8-6-13/h2-4,9,13,15H,5-8,10-11,17H2,1H3. The quantitative estimate of drug-likeness (QED) is 0.869. The Morgan fingerprint density at radius 1 is 1.17 bits per heavy atom. The summed E-state index contributed by atoms with van der Waals surface area (Å²) in [5.74, 6) is 0.757. The van der Waals surface area contributed by atoms with Crippen LogP contribution in [0.5, 0.6) is 0 Å². The van der Waals surface area contributed by atoms with Crippen LogP contribution in [-0.2, 0) is 10.2 Å². The lowest BCUT2D eigenvalue weighted by molar-refractivity contribution is -0.0984. The van der Waals surface area contributed by atoms with Gasteiger partial charge in [-0.05, 0) is 44.1 Å². The Morgan fingerprint density at radius 3 is 2.44 bits per heavy atom. The molecule has 2 aliphatic rings. The highest BCUT2D eigenvalue weighted by molar-refractivity contribution is 5.33. The molecule has 2 fully saturated rings. The van der Waals surface area contributed by atoms with Gasteiger partial charge >= 0.3 is 0 Å². The van der Waals surface area contributed by atoms with Crippen molar-refractivity contribution in [3.8, 4) is 0 Å². The van der Waals surface area contributed by atoms with Crippen molar-refractivity contribution in [1.29, 1.82) is 0 Å². The average Bonchev–Trinajstić information content (AvgIpc) is 2.30. The third-order valence-corrected chi connectivity index (χ3v) is 4.87. The number of hydrogen-bond acceptors (Lipinski definition) is 2. The smallest absolute Gasteiger partial charge is 0.0588 e. The molecule has 1 saturated heterocycles. The van der Waals surface area contributed by atoms with Crippen molar-refractivity contribution in [3.05, 3.63) is 35.4 Å². The van der Waals surface area contributed by atoms with Crippen LogP contribution in [0.1, 0.15) is 36.8 Å². The Labute approximate surface area is 110 Å². The minimum absolute atomic E-state index is 0.284. The molecule has 1 aliphatic carbocycles. The van der Waals surface area contributed by atoms with E-state index in [-0.39, 0.29) is 5.41 Å². The van der Waals surface area contributed by atoms with E-state index in [2.05, 4.69) is 31.2 Å². The van der Waals surface area contributed by atoms with Crippen molar-refractivity contribution < 1.29 is 4.74 Å². The van der Waals surface area contributed by atoms with Crippen LogP contribution in [0.2, 0.25) is 0 Å². The fourth-order valence-electron chi connectivity index (χ4n) is 3.59. The van der Waals surface area contributed by atoms with E-state index >= 15 is 0 Å². The van der Waals surface area contributed by atoms with E-state index in [0.29, 0.717) is 6.04 Å². The molecule has 2 heteroatoms. The zero-order valence-corrected chi connectivity index (χ0v) is 11.2. The van der Waals surface area contributed by atoms with Gasteiger partial charge in [0, 0.05) is 11.5 Å². The molecule has 0 radical (unpaired) electrons. The third kappa shape index (κ3) is 1.98. The number of ether oxygens (including phenoxy) is 1. The topological polar surface area (TPSA) is 35.2 Å². The Kier molecular flexibility index (Phi) is 3.16. The summed E-state index contributed by atoms with van der Waals surface area (Å²) < 4.78 is 5.58. The van der Waals surface area contributed by atoms with Gasteiger partial charge in [-0.3, -0.25) is 0 Å². The van der Waals surface area contributed by atoms with Crippen LogP contribution in [0.15, 0.2) is 24.3 Å². The number of benzene rings is 1. The lowest BCUT2D eigenvalue weighted by atomic mass is 9.63. The molecule has 1 aliphatic heterocycles. The van der Waals surface area contributed by atoms with Crippen LogP contribution in [0, 0.1) is 12.8 Å². The van der Waals surface area contributed by atoms with E-state index in [1.165, 1.54) is 36.8 Å². The second-order valence-corrected chi connectivity index (χ2v) is 6.13. The lowest BCUT2D eigenvalue weighted by Gasteiger charge is -2.49. The summed E-state index contributed by atoms with van der Waals surface area (Å²) in [6, 6.07) is 9.41. The van der Waals surface area contributed by atoms with Gasteiger partial charge in [0.15, 0.2) is 0 Å². The minimum atomic E-state index is 0.284. The summed E-state index contributed by atoms with van der Waals surface area (Å²) >= 11 is 0. The molecule has 2 N–H and O–H groups in total. The van der Waals surface area contributed by atoms with E-state index in [9.17, 15) is 0 Å². The van der Waals surface area contributed by atoms with E-state index < -0.39 is 0 Å². The van der Waals surface area contributed by atoms with E-state index in [1.54, 1.807) is 0 Å². The van der Waals surface area contributed by atoms with E-state index in [1.807, 2.05) is 0 Å². The van der Waals surface area contributed by atoms with Gasteiger partial charge in [0.05, 0.1) is 13.2 Å². The fourth-order valence-corrected chi connectivity index (χ4v) is 3.59. The Hall–Kier alpha value is -0.860.